The standard InChI is InChI=1S/C51H96O6/c1-4-7-10-13-16-19-22-25-26-27-30-32-35-38-41-44-50(53)56-47-48(57-51(54)45-42-39-36-33-29-24-21-18-15-12-9-6-3)46-55-49(52)43-40-37-34-31-28-23-20-17-14-11-8-5-2/h18,21,48H,4-17,19-20,22-47H2,1-3H3/b21-18-. The maximum Gasteiger partial charge on any atom is 0.306 e. The molecule has 0 saturated carbocycles. The average molecular weight is 805 g/mol. The third-order valence-electron chi connectivity index (χ3n) is 11.3. The van der Waals surface area contributed by atoms with Crippen LogP contribution in [0.5, 0.6) is 0 Å². The molecule has 0 aromatic rings. The highest BCUT2D eigenvalue weighted by molar-refractivity contribution is 5.71. The molecule has 6 nitrogen and oxygen atoms in total. The molecule has 0 bridgehead atoms. The lowest BCUT2D eigenvalue weighted by molar-refractivity contribution is -0.167. The van der Waals surface area contributed by atoms with E-state index in [0.717, 1.165) is 64.2 Å². The Morgan fingerprint density at radius 3 is 0.912 bits per heavy atom. The summed E-state index contributed by atoms with van der Waals surface area (Å²) in [6, 6.07) is 0. The molecule has 0 N–H and O–H groups in total. The highest BCUT2D eigenvalue weighted by Crippen LogP contribution is 2.16. The van der Waals surface area contributed by atoms with Gasteiger partial charge in [0.25, 0.3) is 0 Å². The molecule has 0 aromatic carbocycles. The molecular weight excluding hydrogens is 709 g/mol. The molecule has 1 atom stereocenters. The Balaban J connectivity index is 4.32. The second-order valence-electron chi connectivity index (χ2n) is 17.1. The summed E-state index contributed by atoms with van der Waals surface area (Å²) < 4.78 is 16.8. The van der Waals surface area contributed by atoms with E-state index in [2.05, 4.69) is 32.9 Å². The van der Waals surface area contributed by atoms with Gasteiger partial charge in [0.1, 0.15) is 13.2 Å². The molecule has 0 radical (unpaired) electrons. The van der Waals surface area contributed by atoms with Crippen LogP contribution in [0, 0.1) is 0 Å². The van der Waals surface area contributed by atoms with Crippen molar-refractivity contribution in [3.05, 3.63) is 12.2 Å². The number of hydrogen-bond donors (Lipinski definition) is 0. The number of esters is 3. The molecule has 6 heteroatoms. The molecule has 0 aliphatic carbocycles. The van der Waals surface area contributed by atoms with E-state index in [4.69, 9.17) is 14.2 Å². The molecule has 0 aliphatic heterocycles. The van der Waals surface area contributed by atoms with Gasteiger partial charge in [0.05, 0.1) is 0 Å². The van der Waals surface area contributed by atoms with Crippen LogP contribution in [-0.4, -0.2) is 37.2 Å². The van der Waals surface area contributed by atoms with E-state index in [-0.39, 0.29) is 31.1 Å². The van der Waals surface area contributed by atoms with Gasteiger partial charge in [-0.05, 0) is 44.9 Å². The lowest BCUT2D eigenvalue weighted by Crippen LogP contribution is -2.30. The first-order valence-electron chi connectivity index (χ1n) is 25.2. The van der Waals surface area contributed by atoms with Crippen LogP contribution < -0.4 is 0 Å². The van der Waals surface area contributed by atoms with Crippen LogP contribution >= 0.6 is 0 Å². The van der Waals surface area contributed by atoms with Gasteiger partial charge in [-0.2, -0.15) is 0 Å². The Hall–Kier alpha value is -1.85. The second-order valence-corrected chi connectivity index (χ2v) is 17.1. The summed E-state index contributed by atoms with van der Waals surface area (Å²) >= 11 is 0. The molecule has 0 aliphatic rings. The van der Waals surface area contributed by atoms with Gasteiger partial charge in [0, 0.05) is 19.3 Å². The molecule has 0 saturated heterocycles. The number of carbonyl (C=O) groups is 3. The Kier molecular flexibility index (Phi) is 45.3. The Bertz CT molecular complexity index is 885. The topological polar surface area (TPSA) is 78.9 Å². The minimum atomic E-state index is -0.766. The van der Waals surface area contributed by atoms with Gasteiger partial charge in [-0.15, -0.1) is 0 Å². The molecule has 0 rings (SSSR count). The van der Waals surface area contributed by atoms with Crippen molar-refractivity contribution in [2.75, 3.05) is 13.2 Å². The Labute approximate surface area is 354 Å². The molecule has 1 unspecified atom stereocenters. The molecule has 0 amide bonds. The van der Waals surface area contributed by atoms with Crippen LogP contribution in [0.4, 0.5) is 0 Å². The van der Waals surface area contributed by atoms with Gasteiger partial charge in [0.2, 0.25) is 0 Å². The predicted octanol–water partition coefficient (Wildman–Crippen LogP) is 16.2. The number of hydrogen-bond acceptors (Lipinski definition) is 6. The normalized spacial score (nSPS) is 12.0. The zero-order chi connectivity index (χ0) is 41.5. The summed E-state index contributed by atoms with van der Waals surface area (Å²) in [5, 5.41) is 0. The number of unbranched alkanes of at least 4 members (excludes halogenated alkanes) is 33. The lowest BCUT2D eigenvalue weighted by Gasteiger charge is -2.18. The summed E-state index contributed by atoms with van der Waals surface area (Å²) in [5.74, 6) is -0.863. The van der Waals surface area contributed by atoms with Crippen molar-refractivity contribution in [1.82, 2.24) is 0 Å². The van der Waals surface area contributed by atoms with E-state index in [0.29, 0.717) is 19.3 Å². The summed E-state index contributed by atoms with van der Waals surface area (Å²) in [6.07, 6.45) is 50.4. The fraction of sp³-hybridized carbons (Fsp3) is 0.902. The first-order valence-corrected chi connectivity index (χ1v) is 25.2. The van der Waals surface area contributed by atoms with Crippen molar-refractivity contribution in [3.8, 4) is 0 Å². The zero-order valence-corrected chi connectivity index (χ0v) is 38.4. The molecule has 57 heavy (non-hydrogen) atoms. The van der Waals surface area contributed by atoms with Crippen molar-refractivity contribution >= 4 is 17.9 Å². The van der Waals surface area contributed by atoms with Gasteiger partial charge in [0.15, 0.2) is 6.10 Å². The van der Waals surface area contributed by atoms with E-state index in [1.54, 1.807) is 0 Å². The van der Waals surface area contributed by atoms with Gasteiger partial charge < -0.3 is 14.2 Å². The van der Waals surface area contributed by atoms with Crippen molar-refractivity contribution in [1.29, 1.82) is 0 Å². The van der Waals surface area contributed by atoms with E-state index >= 15 is 0 Å². The zero-order valence-electron chi connectivity index (χ0n) is 38.4. The largest absolute Gasteiger partial charge is 0.462 e. The lowest BCUT2D eigenvalue weighted by atomic mass is 10.0. The summed E-state index contributed by atoms with van der Waals surface area (Å²) in [4.78, 5) is 37.8. The minimum Gasteiger partial charge on any atom is -0.462 e. The van der Waals surface area contributed by atoms with E-state index in [1.807, 2.05) is 0 Å². The second kappa shape index (κ2) is 46.8. The van der Waals surface area contributed by atoms with E-state index in [1.165, 1.54) is 173 Å². The number of rotatable bonds is 46. The van der Waals surface area contributed by atoms with Crippen LogP contribution in [0.3, 0.4) is 0 Å². The Morgan fingerprint density at radius 1 is 0.333 bits per heavy atom. The van der Waals surface area contributed by atoms with Crippen molar-refractivity contribution in [2.24, 2.45) is 0 Å². The minimum absolute atomic E-state index is 0.0683. The quantitative estimate of drug-likeness (QED) is 0.0264. The van der Waals surface area contributed by atoms with Gasteiger partial charge in [-0.25, -0.2) is 0 Å². The van der Waals surface area contributed by atoms with Gasteiger partial charge in [-0.1, -0.05) is 226 Å². The monoisotopic (exact) mass is 805 g/mol. The molecule has 336 valence electrons. The fourth-order valence-corrected chi connectivity index (χ4v) is 7.44. The van der Waals surface area contributed by atoms with Crippen molar-refractivity contribution in [3.63, 3.8) is 0 Å². The summed E-state index contributed by atoms with van der Waals surface area (Å²) in [7, 11) is 0. The van der Waals surface area contributed by atoms with Crippen LogP contribution in [0.1, 0.15) is 278 Å². The third kappa shape index (κ3) is 45.1. The summed E-state index contributed by atoms with van der Waals surface area (Å²) in [5.41, 5.74) is 0. The highest BCUT2D eigenvalue weighted by atomic mass is 16.6. The summed E-state index contributed by atoms with van der Waals surface area (Å²) in [6.45, 7) is 6.63. The third-order valence-corrected chi connectivity index (χ3v) is 11.3. The average Bonchev–Trinajstić information content (AvgIpc) is 3.21. The molecular formula is C51H96O6. The van der Waals surface area contributed by atoms with Crippen LogP contribution in [0.2, 0.25) is 0 Å². The SMILES string of the molecule is CCCCC/C=C\CCCCCCCC(=O)OC(COC(=O)CCCCCCCCCCCCCC)COC(=O)CCCCCCCCCCCCCCCCC. The van der Waals surface area contributed by atoms with Crippen molar-refractivity contribution in [2.45, 2.75) is 284 Å². The van der Waals surface area contributed by atoms with Crippen LogP contribution in [0.15, 0.2) is 12.2 Å². The molecule has 0 fully saturated rings. The molecule has 0 spiro atoms. The van der Waals surface area contributed by atoms with E-state index in [9.17, 15) is 14.4 Å². The van der Waals surface area contributed by atoms with Gasteiger partial charge >= 0.3 is 17.9 Å². The Morgan fingerprint density at radius 2 is 0.579 bits per heavy atom. The number of carbonyl (C=O) groups excluding carboxylic acids is 3. The van der Waals surface area contributed by atoms with Crippen LogP contribution in [0.25, 0.3) is 0 Å². The highest BCUT2D eigenvalue weighted by Gasteiger charge is 2.19. The first-order chi connectivity index (χ1) is 28.0. The van der Waals surface area contributed by atoms with E-state index < -0.39 is 6.10 Å². The molecule has 0 aromatic heterocycles. The number of ether oxygens (including phenoxy) is 3. The maximum atomic E-state index is 12.7. The smallest absolute Gasteiger partial charge is 0.306 e. The van der Waals surface area contributed by atoms with Gasteiger partial charge in [-0.3, -0.25) is 14.4 Å². The van der Waals surface area contributed by atoms with Crippen LogP contribution in [-0.2, 0) is 28.6 Å². The predicted molar refractivity (Wildman–Crippen MR) is 243 cm³/mol. The number of allylic oxidation sites excluding steroid dienone is 2. The fourth-order valence-electron chi connectivity index (χ4n) is 7.44. The molecule has 0 heterocycles. The maximum absolute atomic E-state index is 12.7. The first kappa shape index (κ1) is 55.2. The van der Waals surface area contributed by atoms with Crippen molar-refractivity contribution < 1.29 is 28.6 Å².